The van der Waals surface area contributed by atoms with Crippen LogP contribution in [0.4, 0.5) is 0 Å². The largest absolute Gasteiger partial charge is 0.436 e. The molecule has 0 bridgehead atoms. The Bertz CT molecular complexity index is 733. The molecule has 1 heterocycles. The first-order chi connectivity index (χ1) is 8.78. The molecule has 3 rings (SSSR count). The average Bonchev–Trinajstić information content (AvgIpc) is 2.81. The smallest absolute Gasteiger partial charge is 0.228 e. The van der Waals surface area contributed by atoms with Crippen molar-refractivity contribution in [2.24, 2.45) is 0 Å². The highest BCUT2D eigenvalue weighted by atomic mass is 35.5. The molecule has 0 N–H and O–H groups in total. The molecule has 3 aromatic rings. The zero-order valence-electron chi connectivity index (χ0n) is 9.26. The molecule has 0 saturated heterocycles. The van der Waals surface area contributed by atoms with Crippen LogP contribution in [-0.4, -0.2) is 11.3 Å². The summed E-state index contributed by atoms with van der Waals surface area (Å²) in [6, 6.07) is 12.5. The molecular formula is C14H8ClNO2. The molecule has 0 unspecified atom stereocenters. The Balaban J connectivity index is 2.19. The van der Waals surface area contributed by atoms with Gasteiger partial charge in [0.05, 0.1) is 10.6 Å². The van der Waals surface area contributed by atoms with Gasteiger partial charge in [0.1, 0.15) is 11.8 Å². The van der Waals surface area contributed by atoms with Crippen molar-refractivity contribution in [3.63, 3.8) is 0 Å². The van der Waals surface area contributed by atoms with Gasteiger partial charge in [0, 0.05) is 5.56 Å². The van der Waals surface area contributed by atoms with E-state index in [1.54, 1.807) is 24.3 Å². The summed E-state index contributed by atoms with van der Waals surface area (Å²) in [5.74, 6) is 0.457. The highest BCUT2D eigenvalue weighted by Gasteiger charge is 2.11. The van der Waals surface area contributed by atoms with Gasteiger partial charge in [-0.2, -0.15) is 0 Å². The summed E-state index contributed by atoms with van der Waals surface area (Å²) in [6.45, 7) is 0. The van der Waals surface area contributed by atoms with E-state index in [1.807, 2.05) is 18.2 Å². The van der Waals surface area contributed by atoms with Crippen molar-refractivity contribution in [3.05, 3.63) is 53.1 Å². The summed E-state index contributed by atoms with van der Waals surface area (Å²) >= 11 is 6.09. The quantitative estimate of drug-likeness (QED) is 0.653. The first-order valence-corrected chi connectivity index (χ1v) is 5.76. The zero-order valence-corrected chi connectivity index (χ0v) is 10.0. The molecule has 0 spiro atoms. The summed E-state index contributed by atoms with van der Waals surface area (Å²) in [6.07, 6.45) is 0.775. The fraction of sp³-hybridized carbons (Fsp3) is 0. The summed E-state index contributed by atoms with van der Waals surface area (Å²) in [5, 5.41) is 0.583. The molecule has 88 valence electrons. The Hall–Kier alpha value is -2.13. The van der Waals surface area contributed by atoms with E-state index < -0.39 is 0 Å². The number of carbonyl (C=O) groups is 1. The van der Waals surface area contributed by atoms with Crippen molar-refractivity contribution in [2.75, 3.05) is 0 Å². The molecule has 0 atom stereocenters. The lowest BCUT2D eigenvalue weighted by atomic mass is 10.2. The monoisotopic (exact) mass is 257 g/mol. The van der Waals surface area contributed by atoms with Crippen LogP contribution in [0.3, 0.4) is 0 Å². The van der Waals surface area contributed by atoms with Crippen LogP contribution in [0.1, 0.15) is 10.4 Å². The number of halogens is 1. The summed E-state index contributed by atoms with van der Waals surface area (Å²) in [7, 11) is 0. The standard InChI is InChI=1S/C14H8ClNO2/c15-11-4-2-1-3-10(11)14-16-12-6-5-9(8-17)7-13(12)18-14/h1-8H. The molecule has 0 fully saturated rings. The van der Waals surface area contributed by atoms with Crippen molar-refractivity contribution < 1.29 is 9.21 Å². The van der Waals surface area contributed by atoms with Gasteiger partial charge in [0.2, 0.25) is 5.89 Å². The molecule has 0 aliphatic carbocycles. The number of benzene rings is 2. The van der Waals surface area contributed by atoms with E-state index in [0.717, 1.165) is 11.8 Å². The van der Waals surface area contributed by atoms with Gasteiger partial charge >= 0.3 is 0 Å². The number of hydrogen-bond donors (Lipinski definition) is 0. The minimum Gasteiger partial charge on any atom is -0.436 e. The molecule has 3 nitrogen and oxygen atoms in total. The normalized spacial score (nSPS) is 10.7. The summed E-state index contributed by atoms with van der Waals surface area (Å²) in [5.41, 5.74) is 2.58. The summed E-state index contributed by atoms with van der Waals surface area (Å²) < 4.78 is 5.62. The van der Waals surface area contributed by atoms with Crippen molar-refractivity contribution in [2.45, 2.75) is 0 Å². The van der Waals surface area contributed by atoms with Gasteiger partial charge in [0.15, 0.2) is 5.58 Å². The lowest BCUT2D eigenvalue weighted by molar-refractivity contribution is 0.112. The van der Waals surface area contributed by atoms with Gasteiger partial charge in [-0.3, -0.25) is 4.79 Å². The van der Waals surface area contributed by atoms with Crippen LogP contribution >= 0.6 is 11.6 Å². The van der Waals surface area contributed by atoms with E-state index in [4.69, 9.17) is 16.0 Å². The van der Waals surface area contributed by atoms with Crippen LogP contribution in [-0.2, 0) is 0 Å². The van der Waals surface area contributed by atoms with Crippen LogP contribution in [0.15, 0.2) is 46.9 Å². The Labute approximate surface area is 108 Å². The first kappa shape index (κ1) is 11.0. The van der Waals surface area contributed by atoms with E-state index in [2.05, 4.69) is 4.98 Å². The maximum Gasteiger partial charge on any atom is 0.228 e. The van der Waals surface area contributed by atoms with Crippen molar-refractivity contribution >= 4 is 29.0 Å². The third-order valence-electron chi connectivity index (χ3n) is 2.65. The lowest BCUT2D eigenvalue weighted by Crippen LogP contribution is -1.78. The second kappa shape index (κ2) is 4.27. The van der Waals surface area contributed by atoms with E-state index in [0.29, 0.717) is 27.6 Å². The van der Waals surface area contributed by atoms with E-state index in [1.165, 1.54) is 0 Å². The lowest BCUT2D eigenvalue weighted by Gasteiger charge is -1.96. The molecule has 0 aliphatic rings. The van der Waals surface area contributed by atoms with Gasteiger partial charge in [-0.1, -0.05) is 23.7 Å². The Kier molecular flexibility index (Phi) is 2.61. The molecule has 1 aromatic heterocycles. The SMILES string of the molecule is O=Cc1ccc2nc(-c3ccccc3Cl)oc2c1. The van der Waals surface area contributed by atoms with Gasteiger partial charge in [-0.15, -0.1) is 0 Å². The second-order valence-electron chi connectivity index (χ2n) is 3.84. The Morgan fingerprint density at radius 3 is 2.78 bits per heavy atom. The van der Waals surface area contributed by atoms with Gasteiger partial charge in [-0.05, 0) is 30.3 Å². The maximum absolute atomic E-state index is 10.7. The second-order valence-corrected chi connectivity index (χ2v) is 4.25. The molecule has 0 saturated carbocycles. The third kappa shape index (κ3) is 1.79. The minimum atomic E-state index is 0.457. The van der Waals surface area contributed by atoms with Gasteiger partial charge < -0.3 is 4.42 Å². The Morgan fingerprint density at radius 1 is 1.17 bits per heavy atom. The highest BCUT2D eigenvalue weighted by Crippen LogP contribution is 2.29. The topological polar surface area (TPSA) is 43.1 Å². The fourth-order valence-corrected chi connectivity index (χ4v) is 1.98. The maximum atomic E-state index is 10.7. The molecule has 0 amide bonds. The van der Waals surface area contributed by atoms with Crippen molar-refractivity contribution in [1.82, 2.24) is 4.98 Å². The number of fused-ring (bicyclic) bond motifs is 1. The molecular weight excluding hydrogens is 250 g/mol. The third-order valence-corrected chi connectivity index (χ3v) is 2.98. The van der Waals surface area contributed by atoms with Crippen LogP contribution in [0.5, 0.6) is 0 Å². The van der Waals surface area contributed by atoms with Crippen molar-refractivity contribution in [1.29, 1.82) is 0 Å². The predicted octanol–water partition coefficient (Wildman–Crippen LogP) is 3.96. The number of carbonyl (C=O) groups excluding carboxylic acids is 1. The highest BCUT2D eigenvalue weighted by molar-refractivity contribution is 6.33. The molecule has 18 heavy (non-hydrogen) atoms. The molecule has 0 aliphatic heterocycles. The number of rotatable bonds is 2. The van der Waals surface area contributed by atoms with E-state index >= 15 is 0 Å². The zero-order chi connectivity index (χ0) is 12.5. The number of aldehydes is 1. The van der Waals surface area contributed by atoms with Crippen LogP contribution in [0, 0.1) is 0 Å². The van der Waals surface area contributed by atoms with Crippen LogP contribution in [0.25, 0.3) is 22.6 Å². The number of aromatic nitrogens is 1. The number of hydrogen-bond acceptors (Lipinski definition) is 3. The fourth-order valence-electron chi connectivity index (χ4n) is 1.76. The van der Waals surface area contributed by atoms with Crippen LogP contribution in [0.2, 0.25) is 5.02 Å². The van der Waals surface area contributed by atoms with Gasteiger partial charge in [-0.25, -0.2) is 4.98 Å². The predicted molar refractivity (Wildman–Crippen MR) is 69.8 cm³/mol. The molecule has 0 radical (unpaired) electrons. The van der Waals surface area contributed by atoms with E-state index in [9.17, 15) is 4.79 Å². The average molecular weight is 258 g/mol. The minimum absolute atomic E-state index is 0.457. The summed E-state index contributed by atoms with van der Waals surface area (Å²) in [4.78, 5) is 15.1. The number of oxazole rings is 1. The molecule has 4 heteroatoms. The van der Waals surface area contributed by atoms with Crippen molar-refractivity contribution in [3.8, 4) is 11.5 Å². The van der Waals surface area contributed by atoms with E-state index in [-0.39, 0.29) is 0 Å². The van der Waals surface area contributed by atoms with Gasteiger partial charge in [0.25, 0.3) is 0 Å². The molecule has 2 aromatic carbocycles. The van der Waals surface area contributed by atoms with Crippen LogP contribution < -0.4 is 0 Å². The number of nitrogens with zero attached hydrogens (tertiary/aromatic N) is 1. The first-order valence-electron chi connectivity index (χ1n) is 5.38. The Morgan fingerprint density at radius 2 is 2.00 bits per heavy atom.